The number of nitrogens with zero attached hydrogens (tertiary/aromatic N) is 1. The molecular formula is C19H22N2O4. The fraction of sp³-hybridized carbons (Fsp3) is 0.368. The van der Waals surface area contributed by atoms with E-state index < -0.39 is 5.97 Å². The molecular weight excluding hydrogens is 320 g/mol. The van der Waals surface area contributed by atoms with Gasteiger partial charge in [0.1, 0.15) is 11.5 Å². The van der Waals surface area contributed by atoms with Crippen LogP contribution in [0.3, 0.4) is 0 Å². The van der Waals surface area contributed by atoms with Gasteiger partial charge < -0.3 is 14.8 Å². The van der Waals surface area contributed by atoms with Crippen LogP contribution in [0.1, 0.15) is 30.0 Å². The molecule has 1 unspecified atom stereocenters. The number of nitrogens with one attached hydrogen (secondary N) is 1. The van der Waals surface area contributed by atoms with Crippen LogP contribution in [-0.2, 0) is 11.3 Å². The van der Waals surface area contributed by atoms with Gasteiger partial charge in [-0.3, -0.25) is 9.69 Å². The zero-order valence-corrected chi connectivity index (χ0v) is 14.4. The van der Waals surface area contributed by atoms with E-state index >= 15 is 0 Å². The number of amides is 1. The molecule has 2 N–H and O–H groups in total. The molecule has 132 valence electrons. The van der Waals surface area contributed by atoms with Crippen LogP contribution in [-0.4, -0.2) is 41.0 Å². The fourth-order valence-corrected chi connectivity index (χ4v) is 3.23. The number of furan rings is 1. The summed E-state index contributed by atoms with van der Waals surface area (Å²) in [6, 6.07) is 10.2. The summed E-state index contributed by atoms with van der Waals surface area (Å²) in [6.07, 6.45) is 0. The lowest BCUT2D eigenvalue weighted by Gasteiger charge is -2.36. The minimum absolute atomic E-state index is 0.0669. The lowest BCUT2D eigenvalue weighted by atomic mass is 9.99. The Morgan fingerprint density at radius 2 is 2.00 bits per heavy atom. The molecule has 1 saturated heterocycles. The van der Waals surface area contributed by atoms with Crippen molar-refractivity contribution >= 4 is 11.9 Å². The largest absolute Gasteiger partial charge is 0.478 e. The lowest BCUT2D eigenvalue weighted by molar-refractivity contribution is -0.131. The molecule has 6 heteroatoms. The average Bonchev–Trinajstić information content (AvgIpc) is 3.03. The van der Waals surface area contributed by atoms with Crippen molar-refractivity contribution in [3.05, 3.63) is 47.7 Å². The normalized spacial score (nSPS) is 18.4. The van der Waals surface area contributed by atoms with Crippen LogP contribution in [0.2, 0.25) is 0 Å². The van der Waals surface area contributed by atoms with Crippen molar-refractivity contribution in [3.8, 4) is 11.3 Å². The summed E-state index contributed by atoms with van der Waals surface area (Å²) >= 11 is 0. The van der Waals surface area contributed by atoms with Crippen LogP contribution in [0.15, 0.2) is 40.8 Å². The van der Waals surface area contributed by atoms with E-state index in [0.29, 0.717) is 18.8 Å². The first kappa shape index (κ1) is 17.2. The first-order chi connectivity index (χ1) is 12.0. The highest BCUT2D eigenvalue weighted by molar-refractivity contribution is 5.88. The molecule has 1 aromatic carbocycles. The number of piperazine rings is 1. The van der Waals surface area contributed by atoms with Crippen molar-refractivity contribution in [1.29, 1.82) is 0 Å². The Bertz CT molecular complexity index is 764. The third kappa shape index (κ3) is 3.74. The maximum absolute atomic E-state index is 12.1. The first-order valence-electron chi connectivity index (χ1n) is 8.40. The second-order valence-corrected chi connectivity index (χ2v) is 6.60. The zero-order valence-electron chi connectivity index (χ0n) is 14.4. The quantitative estimate of drug-likeness (QED) is 0.873. The van der Waals surface area contributed by atoms with Gasteiger partial charge in [-0.15, -0.1) is 0 Å². The Morgan fingerprint density at radius 1 is 1.28 bits per heavy atom. The lowest BCUT2D eigenvalue weighted by Crippen LogP contribution is -2.56. The van der Waals surface area contributed by atoms with Crippen LogP contribution in [0.5, 0.6) is 0 Å². The number of rotatable bonds is 5. The number of hydrogen-bond donors (Lipinski definition) is 2. The van der Waals surface area contributed by atoms with Crippen molar-refractivity contribution < 1.29 is 19.1 Å². The van der Waals surface area contributed by atoms with E-state index in [4.69, 9.17) is 9.52 Å². The van der Waals surface area contributed by atoms with Gasteiger partial charge in [-0.25, -0.2) is 4.79 Å². The Balaban J connectivity index is 1.74. The molecule has 6 nitrogen and oxygen atoms in total. The summed E-state index contributed by atoms with van der Waals surface area (Å²) in [5.41, 5.74) is 1.07. The summed E-state index contributed by atoms with van der Waals surface area (Å²) in [4.78, 5) is 25.2. The second-order valence-electron chi connectivity index (χ2n) is 6.60. The van der Waals surface area contributed by atoms with E-state index in [9.17, 15) is 9.59 Å². The van der Waals surface area contributed by atoms with Gasteiger partial charge in [-0.2, -0.15) is 0 Å². The molecule has 2 aromatic rings. The van der Waals surface area contributed by atoms with E-state index in [-0.39, 0.29) is 23.4 Å². The van der Waals surface area contributed by atoms with E-state index in [0.717, 1.165) is 17.9 Å². The predicted molar refractivity (Wildman–Crippen MR) is 93.1 cm³/mol. The molecule has 3 rings (SSSR count). The van der Waals surface area contributed by atoms with Crippen LogP contribution in [0.25, 0.3) is 11.3 Å². The zero-order chi connectivity index (χ0) is 18.0. The Kier molecular flexibility index (Phi) is 4.90. The monoisotopic (exact) mass is 342 g/mol. The maximum Gasteiger partial charge on any atom is 0.335 e. The Morgan fingerprint density at radius 3 is 2.64 bits per heavy atom. The summed E-state index contributed by atoms with van der Waals surface area (Å²) in [5.74, 6) is 0.817. The van der Waals surface area contributed by atoms with Crippen molar-refractivity contribution in [2.75, 3.05) is 13.1 Å². The number of carbonyl (C=O) groups is 2. The predicted octanol–water partition coefficient (Wildman–Crippen LogP) is 2.60. The van der Waals surface area contributed by atoms with Gasteiger partial charge in [0, 0.05) is 18.7 Å². The standard InChI is InChI=1S/C19H22N2O4/c1-12(2)17-18(22)20-9-10-21(17)11-15-7-8-16(25-15)13-3-5-14(6-4-13)19(23)24/h3-8,12,17H,9-11H2,1-2H3,(H,20,22)(H,23,24). The molecule has 1 aliphatic rings. The van der Waals surface area contributed by atoms with Crippen LogP contribution in [0.4, 0.5) is 0 Å². The minimum Gasteiger partial charge on any atom is -0.478 e. The number of carboxylic acid groups (broad SMARTS) is 1. The van der Waals surface area contributed by atoms with Gasteiger partial charge in [0.15, 0.2) is 0 Å². The summed E-state index contributed by atoms with van der Waals surface area (Å²) in [7, 11) is 0. The van der Waals surface area contributed by atoms with Gasteiger partial charge in [0.05, 0.1) is 18.2 Å². The molecule has 1 aromatic heterocycles. The molecule has 0 aliphatic carbocycles. The molecule has 25 heavy (non-hydrogen) atoms. The Hall–Kier alpha value is -2.60. The smallest absolute Gasteiger partial charge is 0.335 e. The summed E-state index contributed by atoms with van der Waals surface area (Å²) in [6.45, 7) is 6.09. The number of benzene rings is 1. The van der Waals surface area contributed by atoms with Gasteiger partial charge in [-0.05, 0) is 30.2 Å². The van der Waals surface area contributed by atoms with Crippen molar-refractivity contribution in [3.63, 3.8) is 0 Å². The number of aromatic carboxylic acids is 1. The molecule has 1 aliphatic heterocycles. The number of carboxylic acids is 1. The van der Waals surface area contributed by atoms with Crippen molar-refractivity contribution in [2.45, 2.75) is 26.4 Å². The van der Waals surface area contributed by atoms with E-state index in [1.807, 2.05) is 26.0 Å². The number of carbonyl (C=O) groups excluding carboxylic acids is 1. The molecule has 0 bridgehead atoms. The van der Waals surface area contributed by atoms with Gasteiger partial charge >= 0.3 is 5.97 Å². The van der Waals surface area contributed by atoms with Gasteiger partial charge in [0.2, 0.25) is 5.91 Å². The highest BCUT2D eigenvalue weighted by atomic mass is 16.4. The third-order valence-electron chi connectivity index (χ3n) is 4.43. The van der Waals surface area contributed by atoms with E-state index in [2.05, 4.69) is 10.2 Å². The average molecular weight is 342 g/mol. The summed E-state index contributed by atoms with van der Waals surface area (Å²) in [5, 5.41) is 11.9. The van der Waals surface area contributed by atoms with Crippen molar-refractivity contribution in [1.82, 2.24) is 10.2 Å². The number of hydrogen-bond acceptors (Lipinski definition) is 4. The topological polar surface area (TPSA) is 82.8 Å². The third-order valence-corrected chi connectivity index (χ3v) is 4.43. The maximum atomic E-state index is 12.1. The molecule has 1 fully saturated rings. The highest BCUT2D eigenvalue weighted by Crippen LogP contribution is 2.25. The van der Waals surface area contributed by atoms with Crippen LogP contribution < -0.4 is 5.32 Å². The SMILES string of the molecule is CC(C)C1C(=O)NCCN1Cc1ccc(-c2ccc(C(=O)O)cc2)o1. The minimum atomic E-state index is -0.949. The molecule has 0 radical (unpaired) electrons. The Labute approximate surface area is 146 Å². The molecule has 2 heterocycles. The first-order valence-corrected chi connectivity index (χ1v) is 8.40. The summed E-state index contributed by atoms with van der Waals surface area (Å²) < 4.78 is 5.92. The van der Waals surface area contributed by atoms with Gasteiger partial charge in [0.25, 0.3) is 0 Å². The van der Waals surface area contributed by atoms with Crippen molar-refractivity contribution in [2.24, 2.45) is 5.92 Å². The second kappa shape index (κ2) is 7.11. The van der Waals surface area contributed by atoms with Crippen LogP contribution >= 0.6 is 0 Å². The fourth-order valence-electron chi connectivity index (χ4n) is 3.23. The van der Waals surface area contributed by atoms with Gasteiger partial charge in [-0.1, -0.05) is 26.0 Å². The molecule has 1 amide bonds. The molecule has 0 spiro atoms. The highest BCUT2D eigenvalue weighted by Gasteiger charge is 2.32. The molecule has 0 saturated carbocycles. The van der Waals surface area contributed by atoms with E-state index in [1.54, 1.807) is 24.3 Å². The van der Waals surface area contributed by atoms with E-state index in [1.165, 1.54) is 0 Å². The van der Waals surface area contributed by atoms with Crippen LogP contribution in [0, 0.1) is 5.92 Å². The molecule has 1 atom stereocenters.